The van der Waals surface area contributed by atoms with Gasteiger partial charge in [-0.05, 0) is 22.4 Å². The van der Waals surface area contributed by atoms with E-state index in [4.69, 9.17) is 9.37 Å². The van der Waals surface area contributed by atoms with Crippen LogP contribution in [0.1, 0.15) is 0 Å². The van der Waals surface area contributed by atoms with Crippen LogP contribution in [0.2, 0.25) is 0 Å². The number of hydrogen-bond acceptors (Lipinski definition) is 8. The van der Waals surface area contributed by atoms with Crippen molar-refractivity contribution < 1.29 is 9.37 Å². The molecule has 1 aliphatic rings. The molecule has 0 aliphatic carbocycles. The Morgan fingerprint density at radius 3 is 2.45 bits per heavy atom. The molecule has 1 saturated heterocycles. The van der Waals surface area contributed by atoms with Gasteiger partial charge in [-0.2, -0.15) is 0 Å². The van der Waals surface area contributed by atoms with Crippen molar-refractivity contribution in [3.63, 3.8) is 0 Å². The molecule has 4 rings (SSSR count). The van der Waals surface area contributed by atoms with Gasteiger partial charge in [-0.25, -0.2) is 14.6 Å². The molecule has 0 bridgehead atoms. The number of anilines is 3. The maximum absolute atomic E-state index is 5.40. The average Bonchev–Trinajstić information content (AvgIpc) is 3.03. The summed E-state index contributed by atoms with van der Waals surface area (Å²) >= 11 is 0. The van der Waals surface area contributed by atoms with Crippen LogP contribution in [0, 0.1) is 0 Å². The minimum Gasteiger partial charge on any atom is -0.378 e. The number of nitrogens with zero attached hydrogens (tertiary/aromatic N) is 5. The highest BCUT2D eigenvalue weighted by molar-refractivity contribution is 5.77. The molecule has 112 valence electrons. The Hall–Kier alpha value is -2.74. The third kappa shape index (κ3) is 2.44. The molecule has 22 heavy (non-hydrogen) atoms. The van der Waals surface area contributed by atoms with E-state index in [9.17, 15) is 0 Å². The summed E-state index contributed by atoms with van der Waals surface area (Å²) in [6, 6.07) is 9.82. The summed E-state index contributed by atoms with van der Waals surface area (Å²) in [5.74, 6) is 1.37. The summed E-state index contributed by atoms with van der Waals surface area (Å²) < 4.78 is 10.1. The van der Waals surface area contributed by atoms with E-state index in [0.29, 0.717) is 30.3 Å². The van der Waals surface area contributed by atoms with E-state index in [0.717, 1.165) is 24.6 Å². The minimum atomic E-state index is 0.385. The molecule has 1 aromatic carbocycles. The van der Waals surface area contributed by atoms with Gasteiger partial charge in [0.1, 0.15) is 0 Å². The molecule has 0 spiro atoms. The number of para-hydroxylation sites is 1. The van der Waals surface area contributed by atoms with Gasteiger partial charge >= 0.3 is 0 Å². The molecule has 0 atom stereocenters. The molecule has 0 saturated carbocycles. The Morgan fingerprint density at radius 1 is 0.955 bits per heavy atom. The molecule has 0 unspecified atom stereocenters. The number of nitrogens with one attached hydrogen (secondary N) is 1. The van der Waals surface area contributed by atoms with Crippen LogP contribution in [-0.4, -0.2) is 46.6 Å². The fourth-order valence-electron chi connectivity index (χ4n) is 2.37. The van der Waals surface area contributed by atoms with Crippen molar-refractivity contribution in [2.45, 2.75) is 0 Å². The second kappa shape index (κ2) is 5.57. The molecular formula is C14H14N6O2. The van der Waals surface area contributed by atoms with Gasteiger partial charge in [0.05, 0.1) is 13.2 Å². The lowest BCUT2D eigenvalue weighted by Gasteiger charge is -2.28. The van der Waals surface area contributed by atoms with Crippen molar-refractivity contribution in [2.75, 3.05) is 36.5 Å². The number of benzene rings is 1. The van der Waals surface area contributed by atoms with Crippen LogP contribution in [0.25, 0.3) is 11.3 Å². The van der Waals surface area contributed by atoms with E-state index >= 15 is 0 Å². The number of ether oxygens (including phenoxy) is 1. The third-order valence-corrected chi connectivity index (χ3v) is 3.44. The van der Waals surface area contributed by atoms with Gasteiger partial charge in [-0.1, -0.05) is 18.2 Å². The van der Waals surface area contributed by atoms with E-state index in [1.807, 2.05) is 30.3 Å². The monoisotopic (exact) mass is 298 g/mol. The smallest absolute Gasteiger partial charge is 0.245 e. The molecule has 0 amide bonds. The van der Waals surface area contributed by atoms with Crippen LogP contribution in [0.4, 0.5) is 17.3 Å². The van der Waals surface area contributed by atoms with Crippen LogP contribution in [0.5, 0.6) is 0 Å². The SMILES string of the molecule is c1ccc(Nc2nc3nonc3nc2N2CCOCC2)cc1. The van der Waals surface area contributed by atoms with Gasteiger partial charge in [0.25, 0.3) is 0 Å². The normalized spacial score (nSPS) is 15.2. The highest BCUT2D eigenvalue weighted by atomic mass is 16.6. The zero-order valence-electron chi connectivity index (χ0n) is 11.8. The summed E-state index contributed by atoms with van der Waals surface area (Å²) in [5, 5.41) is 10.8. The van der Waals surface area contributed by atoms with E-state index in [-0.39, 0.29) is 0 Å². The molecule has 2 aromatic heterocycles. The summed E-state index contributed by atoms with van der Waals surface area (Å²) in [5.41, 5.74) is 1.72. The number of hydrogen-bond donors (Lipinski definition) is 1. The van der Waals surface area contributed by atoms with E-state index < -0.39 is 0 Å². The van der Waals surface area contributed by atoms with Gasteiger partial charge in [0.15, 0.2) is 11.6 Å². The van der Waals surface area contributed by atoms with Crippen molar-refractivity contribution in [3.05, 3.63) is 30.3 Å². The second-order valence-corrected chi connectivity index (χ2v) is 4.90. The first-order chi connectivity index (χ1) is 10.9. The first-order valence-corrected chi connectivity index (χ1v) is 7.05. The summed E-state index contributed by atoms with van der Waals surface area (Å²) in [6.45, 7) is 2.85. The van der Waals surface area contributed by atoms with Gasteiger partial charge in [0, 0.05) is 18.8 Å². The Morgan fingerprint density at radius 2 is 1.68 bits per heavy atom. The Bertz CT molecular complexity index is 769. The molecule has 1 fully saturated rings. The maximum Gasteiger partial charge on any atom is 0.245 e. The highest BCUT2D eigenvalue weighted by Crippen LogP contribution is 2.27. The van der Waals surface area contributed by atoms with Gasteiger partial charge in [-0.3, -0.25) is 0 Å². The minimum absolute atomic E-state index is 0.385. The van der Waals surface area contributed by atoms with Crippen molar-refractivity contribution in [1.29, 1.82) is 0 Å². The van der Waals surface area contributed by atoms with Crippen LogP contribution in [-0.2, 0) is 4.74 Å². The van der Waals surface area contributed by atoms with E-state index in [1.165, 1.54) is 0 Å². The Kier molecular flexibility index (Phi) is 3.28. The quantitative estimate of drug-likeness (QED) is 0.779. The van der Waals surface area contributed by atoms with Crippen molar-refractivity contribution in [2.24, 2.45) is 0 Å². The van der Waals surface area contributed by atoms with Gasteiger partial charge < -0.3 is 15.0 Å². The second-order valence-electron chi connectivity index (χ2n) is 4.90. The zero-order valence-corrected chi connectivity index (χ0v) is 11.8. The van der Waals surface area contributed by atoms with Crippen LogP contribution in [0.15, 0.2) is 35.0 Å². The van der Waals surface area contributed by atoms with Crippen LogP contribution < -0.4 is 10.2 Å². The van der Waals surface area contributed by atoms with Crippen molar-refractivity contribution in [1.82, 2.24) is 20.3 Å². The predicted molar refractivity (Wildman–Crippen MR) is 80.2 cm³/mol. The highest BCUT2D eigenvalue weighted by Gasteiger charge is 2.20. The topological polar surface area (TPSA) is 89.2 Å². The molecular weight excluding hydrogens is 284 g/mol. The van der Waals surface area contributed by atoms with Crippen LogP contribution >= 0.6 is 0 Å². The average molecular weight is 298 g/mol. The van der Waals surface area contributed by atoms with Crippen molar-refractivity contribution >= 4 is 28.6 Å². The standard InChI is InChI=1S/C14H14N6O2/c1-2-4-10(5-3-1)15-13-14(20-6-8-21-9-7-20)17-12-11(16-13)18-22-19-12/h1-5H,6-9H2,(H,15,16,18). The Balaban J connectivity index is 1.76. The lowest BCUT2D eigenvalue weighted by molar-refractivity contribution is 0.122. The molecule has 8 heteroatoms. The lowest BCUT2D eigenvalue weighted by atomic mass is 10.3. The lowest BCUT2D eigenvalue weighted by Crippen LogP contribution is -2.37. The number of morpholine rings is 1. The summed E-state index contributed by atoms with van der Waals surface area (Å²) in [4.78, 5) is 11.1. The molecule has 3 aromatic rings. The van der Waals surface area contributed by atoms with E-state index in [1.54, 1.807) is 0 Å². The van der Waals surface area contributed by atoms with Gasteiger partial charge in [-0.15, -0.1) is 0 Å². The first kappa shape index (κ1) is 13.0. The zero-order chi connectivity index (χ0) is 14.8. The number of aromatic nitrogens is 4. The molecule has 0 radical (unpaired) electrons. The van der Waals surface area contributed by atoms with Crippen molar-refractivity contribution in [3.8, 4) is 0 Å². The number of rotatable bonds is 3. The fraction of sp³-hybridized carbons (Fsp3) is 0.286. The summed E-state index contributed by atoms with van der Waals surface area (Å²) in [7, 11) is 0. The largest absolute Gasteiger partial charge is 0.378 e. The third-order valence-electron chi connectivity index (χ3n) is 3.44. The molecule has 3 heterocycles. The predicted octanol–water partition coefficient (Wildman–Crippen LogP) is 1.59. The summed E-state index contributed by atoms with van der Waals surface area (Å²) in [6.07, 6.45) is 0. The van der Waals surface area contributed by atoms with Crippen LogP contribution in [0.3, 0.4) is 0 Å². The molecule has 1 N–H and O–H groups in total. The first-order valence-electron chi connectivity index (χ1n) is 7.05. The molecule has 8 nitrogen and oxygen atoms in total. The fourth-order valence-corrected chi connectivity index (χ4v) is 2.37. The molecule has 1 aliphatic heterocycles. The maximum atomic E-state index is 5.40. The van der Waals surface area contributed by atoms with Gasteiger partial charge in [0.2, 0.25) is 11.3 Å². The van der Waals surface area contributed by atoms with E-state index in [2.05, 4.69) is 30.5 Å². The number of fused-ring (bicyclic) bond motifs is 1. The Labute approximate surface area is 126 Å².